The highest BCUT2D eigenvalue weighted by molar-refractivity contribution is 6.05. The van der Waals surface area contributed by atoms with Crippen molar-refractivity contribution in [2.24, 2.45) is 0 Å². The van der Waals surface area contributed by atoms with Crippen molar-refractivity contribution in [2.75, 3.05) is 10.6 Å². The first-order valence-corrected chi connectivity index (χ1v) is 6.29. The molecule has 0 bridgehead atoms. The molecule has 0 atom stereocenters. The number of anilines is 2. The van der Waals surface area contributed by atoms with Crippen molar-refractivity contribution in [3.63, 3.8) is 0 Å². The van der Waals surface area contributed by atoms with Gasteiger partial charge in [-0.25, -0.2) is 0 Å². The van der Waals surface area contributed by atoms with E-state index in [4.69, 9.17) is 0 Å². The number of hydrogen-bond donors (Lipinski definition) is 2. The summed E-state index contributed by atoms with van der Waals surface area (Å²) < 4.78 is 0. The molecule has 2 N–H and O–H groups in total. The first-order valence-electron chi connectivity index (χ1n) is 6.29. The SMILES string of the molecule is Cc1ccc(C(=O)Nc2cc(NC=O)ccc2C)cc1. The zero-order chi connectivity index (χ0) is 14.5. The molecule has 2 aromatic rings. The van der Waals surface area contributed by atoms with E-state index in [9.17, 15) is 9.59 Å². The minimum atomic E-state index is -0.170. The van der Waals surface area contributed by atoms with Crippen LogP contribution in [0.15, 0.2) is 42.5 Å². The van der Waals surface area contributed by atoms with Crippen molar-refractivity contribution in [1.29, 1.82) is 0 Å². The third-order valence-corrected chi connectivity index (χ3v) is 3.03. The highest BCUT2D eigenvalue weighted by atomic mass is 16.1. The van der Waals surface area contributed by atoms with E-state index in [0.717, 1.165) is 11.1 Å². The Labute approximate surface area is 117 Å². The fraction of sp³-hybridized carbons (Fsp3) is 0.125. The average Bonchev–Trinajstić information content (AvgIpc) is 2.43. The van der Waals surface area contributed by atoms with Crippen LogP contribution in [0.4, 0.5) is 11.4 Å². The molecule has 0 aliphatic heterocycles. The third-order valence-electron chi connectivity index (χ3n) is 3.03. The van der Waals surface area contributed by atoms with Gasteiger partial charge >= 0.3 is 0 Å². The Morgan fingerprint density at radius 1 is 1.05 bits per heavy atom. The van der Waals surface area contributed by atoms with Gasteiger partial charge in [0.25, 0.3) is 5.91 Å². The van der Waals surface area contributed by atoms with Gasteiger partial charge in [0.05, 0.1) is 0 Å². The second-order valence-electron chi connectivity index (χ2n) is 4.61. The van der Waals surface area contributed by atoms with Crippen LogP contribution in [0.25, 0.3) is 0 Å². The van der Waals surface area contributed by atoms with Gasteiger partial charge in [-0.05, 0) is 43.7 Å². The lowest BCUT2D eigenvalue weighted by Crippen LogP contribution is -2.13. The number of nitrogens with one attached hydrogen (secondary N) is 2. The minimum absolute atomic E-state index is 0.170. The van der Waals surface area contributed by atoms with Crippen molar-refractivity contribution < 1.29 is 9.59 Å². The van der Waals surface area contributed by atoms with Crippen LogP contribution < -0.4 is 10.6 Å². The summed E-state index contributed by atoms with van der Waals surface area (Å²) in [4.78, 5) is 22.6. The highest BCUT2D eigenvalue weighted by Gasteiger charge is 2.08. The van der Waals surface area contributed by atoms with Crippen LogP contribution >= 0.6 is 0 Å². The summed E-state index contributed by atoms with van der Waals surface area (Å²) >= 11 is 0. The first kappa shape index (κ1) is 13.8. The van der Waals surface area contributed by atoms with Crippen molar-refractivity contribution in [2.45, 2.75) is 13.8 Å². The Kier molecular flexibility index (Phi) is 4.15. The standard InChI is InChI=1S/C16H16N2O2/c1-11-3-6-13(7-4-11)16(20)18-15-9-14(17-10-19)8-5-12(15)2/h3-10H,1-2H3,(H,17,19)(H,18,20). The van der Waals surface area contributed by atoms with E-state index in [2.05, 4.69) is 10.6 Å². The Morgan fingerprint density at radius 2 is 1.75 bits per heavy atom. The summed E-state index contributed by atoms with van der Waals surface area (Å²) in [5, 5.41) is 5.41. The number of carbonyl (C=O) groups excluding carboxylic acids is 2. The van der Waals surface area contributed by atoms with Gasteiger partial charge in [-0.15, -0.1) is 0 Å². The Hall–Kier alpha value is -2.62. The molecule has 2 amide bonds. The largest absolute Gasteiger partial charge is 0.329 e. The lowest BCUT2D eigenvalue weighted by molar-refractivity contribution is -0.105. The second-order valence-corrected chi connectivity index (χ2v) is 4.61. The predicted molar refractivity (Wildman–Crippen MR) is 80.0 cm³/mol. The number of aryl methyl sites for hydroxylation is 2. The molecule has 0 saturated carbocycles. The number of hydrogen-bond acceptors (Lipinski definition) is 2. The fourth-order valence-electron chi connectivity index (χ4n) is 1.81. The average molecular weight is 268 g/mol. The molecule has 0 aromatic heterocycles. The Morgan fingerprint density at radius 3 is 2.40 bits per heavy atom. The first-order chi connectivity index (χ1) is 9.60. The second kappa shape index (κ2) is 6.02. The van der Waals surface area contributed by atoms with Crippen LogP contribution in [-0.2, 0) is 4.79 Å². The number of rotatable bonds is 4. The van der Waals surface area contributed by atoms with E-state index in [1.165, 1.54) is 0 Å². The lowest BCUT2D eigenvalue weighted by Gasteiger charge is -2.10. The summed E-state index contributed by atoms with van der Waals surface area (Å²) in [5.41, 5.74) is 3.97. The molecule has 0 radical (unpaired) electrons. The van der Waals surface area contributed by atoms with Crippen LogP contribution in [0.1, 0.15) is 21.5 Å². The molecule has 2 aromatic carbocycles. The number of benzene rings is 2. The Bertz CT molecular complexity index is 633. The quantitative estimate of drug-likeness (QED) is 0.837. The van der Waals surface area contributed by atoms with Crippen LogP contribution in [0.2, 0.25) is 0 Å². The van der Waals surface area contributed by atoms with Gasteiger partial charge < -0.3 is 10.6 Å². The molecule has 102 valence electrons. The minimum Gasteiger partial charge on any atom is -0.329 e. The van der Waals surface area contributed by atoms with Gasteiger partial charge in [0.2, 0.25) is 6.41 Å². The van der Waals surface area contributed by atoms with Gasteiger partial charge in [0.15, 0.2) is 0 Å². The fourth-order valence-corrected chi connectivity index (χ4v) is 1.81. The van der Waals surface area contributed by atoms with Crippen LogP contribution in [0.3, 0.4) is 0 Å². The van der Waals surface area contributed by atoms with Gasteiger partial charge in [-0.1, -0.05) is 23.8 Å². The Balaban J connectivity index is 2.20. The van der Waals surface area contributed by atoms with Gasteiger partial charge in [0, 0.05) is 16.9 Å². The number of carbonyl (C=O) groups is 2. The van der Waals surface area contributed by atoms with Crippen LogP contribution in [0.5, 0.6) is 0 Å². The maximum atomic E-state index is 12.1. The molecule has 0 unspecified atom stereocenters. The van der Waals surface area contributed by atoms with E-state index >= 15 is 0 Å². The maximum Gasteiger partial charge on any atom is 0.255 e. The van der Waals surface area contributed by atoms with Crippen molar-refractivity contribution >= 4 is 23.7 Å². The van der Waals surface area contributed by atoms with Crippen molar-refractivity contribution in [1.82, 2.24) is 0 Å². The summed E-state index contributed by atoms with van der Waals surface area (Å²) in [6, 6.07) is 12.7. The maximum absolute atomic E-state index is 12.1. The molecular weight excluding hydrogens is 252 g/mol. The van der Waals surface area contributed by atoms with E-state index < -0.39 is 0 Å². The van der Waals surface area contributed by atoms with Gasteiger partial charge in [-0.3, -0.25) is 9.59 Å². The molecule has 0 aliphatic rings. The summed E-state index contributed by atoms with van der Waals surface area (Å²) in [6.07, 6.45) is 0.607. The van der Waals surface area contributed by atoms with E-state index in [-0.39, 0.29) is 5.91 Å². The smallest absolute Gasteiger partial charge is 0.255 e. The monoisotopic (exact) mass is 268 g/mol. The van der Waals surface area contributed by atoms with E-state index in [1.807, 2.05) is 32.0 Å². The summed E-state index contributed by atoms with van der Waals surface area (Å²) in [6.45, 7) is 3.87. The third kappa shape index (κ3) is 3.23. The zero-order valence-corrected chi connectivity index (χ0v) is 11.4. The molecule has 0 saturated heterocycles. The van der Waals surface area contributed by atoms with Crippen LogP contribution in [0, 0.1) is 13.8 Å². The molecule has 0 aliphatic carbocycles. The molecular formula is C16H16N2O2. The normalized spacial score (nSPS) is 9.90. The van der Waals surface area contributed by atoms with E-state index in [1.54, 1.807) is 24.3 Å². The number of amides is 2. The van der Waals surface area contributed by atoms with E-state index in [0.29, 0.717) is 23.3 Å². The summed E-state index contributed by atoms with van der Waals surface area (Å²) in [7, 11) is 0. The highest BCUT2D eigenvalue weighted by Crippen LogP contribution is 2.20. The molecule has 0 fully saturated rings. The lowest BCUT2D eigenvalue weighted by atomic mass is 10.1. The van der Waals surface area contributed by atoms with Gasteiger partial charge in [0.1, 0.15) is 0 Å². The molecule has 0 spiro atoms. The van der Waals surface area contributed by atoms with Crippen molar-refractivity contribution in [3.05, 3.63) is 59.2 Å². The summed E-state index contributed by atoms with van der Waals surface area (Å²) in [5.74, 6) is -0.170. The molecule has 2 rings (SSSR count). The molecule has 4 nitrogen and oxygen atoms in total. The van der Waals surface area contributed by atoms with Gasteiger partial charge in [-0.2, -0.15) is 0 Å². The predicted octanol–water partition coefficient (Wildman–Crippen LogP) is 3.12. The van der Waals surface area contributed by atoms with Crippen molar-refractivity contribution in [3.8, 4) is 0 Å². The molecule has 0 heterocycles. The van der Waals surface area contributed by atoms with Crippen LogP contribution in [-0.4, -0.2) is 12.3 Å². The molecule has 20 heavy (non-hydrogen) atoms. The zero-order valence-electron chi connectivity index (χ0n) is 11.4. The molecule has 4 heteroatoms. The topological polar surface area (TPSA) is 58.2 Å².